The highest BCUT2D eigenvalue weighted by molar-refractivity contribution is 7.65. The van der Waals surface area contributed by atoms with Crippen LogP contribution in [-0.2, 0) is 14.2 Å². The lowest BCUT2D eigenvalue weighted by molar-refractivity contribution is -0.567. The number of alkyl halides is 18. The molecule has 0 heterocycles. The zero-order valence-corrected chi connectivity index (χ0v) is 25.2. The summed E-state index contributed by atoms with van der Waals surface area (Å²) in [5.74, 6) is -20.3. The molecule has 0 radical (unpaired) electrons. The van der Waals surface area contributed by atoms with Crippen molar-refractivity contribution in [2.24, 2.45) is 0 Å². The molecule has 42 heavy (non-hydrogen) atoms. The van der Waals surface area contributed by atoms with E-state index in [1.807, 2.05) is 0 Å². The summed E-state index contributed by atoms with van der Waals surface area (Å²) in [6, 6.07) is -12.4. The van der Waals surface area contributed by atoms with Crippen molar-refractivity contribution < 1.29 is 93.2 Å². The van der Waals surface area contributed by atoms with E-state index in [2.05, 4.69) is 9.47 Å². The Hall–Kier alpha value is 0.794. The Morgan fingerprint density at radius 1 is 0.381 bits per heavy atom. The molecule has 0 aliphatic carbocycles. The van der Waals surface area contributed by atoms with E-state index in [0.29, 0.717) is 0 Å². The topological polar surface area (TPSA) is 27.7 Å². The zero-order chi connectivity index (χ0) is 34.4. The Labute approximate surface area is 250 Å². The van der Waals surface area contributed by atoms with Gasteiger partial charge in [0.25, 0.3) is 0 Å². The van der Waals surface area contributed by atoms with Crippen molar-refractivity contribution in [1.29, 1.82) is 0 Å². The number of halogens is 24. The van der Waals surface area contributed by atoms with Gasteiger partial charge in [0, 0.05) is 12.8 Å². The van der Waals surface area contributed by atoms with Crippen LogP contribution >= 0.6 is 66.5 Å². The molecular weight excluding hydrogens is 815 g/mol. The molecule has 0 saturated carbocycles. The van der Waals surface area contributed by atoms with Gasteiger partial charge in [0.05, 0.1) is 0 Å². The maximum Gasteiger partial charge on any atom is 0.458 e. The molecule has 0 aliphatic heterocycles. The van der Waals surface area contributed by atoms with Crippen LogP contribution < -0.4 is 0 Å². The standard InChI is InChI=1S/C13H8Cl6F18O3Si2/c14-41(15,16)3-1-5(20,8(23,24)25)38-11(32,33)7(22,10(29,30)31)40-13(36,37)12(34,35)39-6(21,9(26,27)28)2-4-42(17,18)19/h1-4H2. The van der Waals surface area contributed by atoms with Crippen LogP contribution in [0.15, 0.2) is 0 Å². The van der Waals surface area contributed by atoms with E-state index in [4.69, 9.17) is 66.5 Å². The molecule has 0 fully saturated rings. The van der Waals surface area contributed by atoms with Gasteiger partial charge < -0.3 is 0 Å². The fourth-order valence-electron chi connectivity index (χ4n) is 2.16. The van der Waals surface area contributed by atoms with Crippen LogP contribution in [0.3, 0.4) is 0 Å². The predicted octanol–water partition coefficient (Wildman–Crippen LogP) is 10.6. The van der Waals surface area contributed by atoms with Crippen molar-refractivity contribution in [2.45, 2.75) is 79.3 Å². The highest BCUT2D eigenvalue weighted by atomic mass is 35.8. The first-order chi connectivity index (χ1) is 17.8. The molecule has 0 rings (SSSR count). The normalized spacial score (nSPS) is 19.7. The van der Waals surface area contributed by atoms with Crippen LogP contribution in [-0.4, -0.2) is 66.4 Å². The molecular formula is C13H8Cl6F18O3Si2. The van der Waals surface area contributed by atoms with E-state index >= 15 is 0 Å². The van der Waals surface area contributed by atoms with Gasteiger partial charge >= 0.3 is 66.4 Å². The fraction of sp³-hybridized carbons (Fsp3) is 1.00. The van der Waals surface area contributed by atoms with Crippen molar-refractivity contribution in [2.75, 3.05) is 0 Å². The fourth-order valence-corrected chi connectivity index (χ4v) is 5.07. The third-order valence-corrected chi connectivity index (χ3v) is 9.27. The minimum absolute atomic E-state index is 1.65. The van der Waals surface area contributed by atoms with Gasteiger partial charge in [-0.05, 0) is 12.1 Å². The summed E-state index contributed by atoms with van der Waals surface area (Å²) in [6.45, 7) is 0. The Bertz CT molecular complexity index is 925. The molecule has 3 nitrogen and oxygen atoms in total. The second-order valence-corrected chi connectivity index (χ2v) is 26.2. The van der Waals surface area contributed by atoms with Crippen molar-refractivity contribution in [1.82, 2.24) is 0 Å². The predicted molar refractivity (Wildman–Crippen MR) is 113 cm³/mol. The van der Waals surface area contributed by atoms with E-state index in [1.54, 1.807) is 4.74 Å². The van der Waals surface area contributed by atoms with Gasteiger partial charge in [-0.1, -0.05) is 0 Å². The monoisotopic (exact) mass is 820 g/mol. The van der Waals surface area contributed by atoms with Crippen molar-refractivity contribution in [3.05, 3.63) is 0 Å². The van der Waals surface area contributed by atoms with Crippen LogP contribution in [0.2, 0.25) is 12.1 Å². The molecule has 0 aromatic rings. The van der Waals surface area contributed by atoms with Crippen LogP contribution in [0, 0.1) is 0 Å². The Morgan fingerprint density at radius 3 is 0.881 bits per heavy atom. The second kappa shape index (κ2) is 12.8. The summed E-state index contributed by atoms with van der Waals surface area (Å²) < 4.78 is 250. The molecule has 0 N–H and O–H groups in total. The van der Waals surface area contributed by atoms with Crippen LogP contribution in [0.1, 0.15) is 12.8 Å². The molecule has 254 valence electrons. The van der Waals surface area contributed by atoms with Gasteiger partial charge in [0.2, 0.25) is 0 Å². The second-order valence-electron chi connectivity index (χ2n) is 7.63. The summed E-state index contributed by atoms with van der Waals surface area (Å²) >= 11 is 30.5. The summed E-state index contributed by atoms with van der Waals surface area (Å²) in [4.78, 5) is 0. The lowest BCUT2D eigenvalue weighted by atomic mass is 10.2. The first-order valence-electron chi connectivity index (χ1n) is 9.42. The molecule has 0 aliphatic rings. The average molecular weight is 823 g/mol. The molecule has 3 unspecified atom stereocenters. The number of rotatable bonds is 14. The SMILES string of the molecule is FC(F)(F)C(F)(CC[Si](Cl)(Cl)Cl)OC(F)(F)C(F)(F)OC(F)(C(F)(F)F)C(F)(F)OC(F)(CC[Si](Cl)(Cl)Cl)C(F)(F)F. The van der Waals surface area contributed by atoms with E-state index in [9.17, 15) is 79.0 Å². The maximum atomic E-state index is 14.4. The van der Waals surface area contributed by atoms with Crippen molar-refractivity contribution in [3.8, 4) is 0 Å². The van der Waals surface area contributed by atoms with Gasteiger partial charge in [0.15, 0.2) is 0 Å². The number of hydrogen-bond acceptors (Lipinski definition) is 3. The van der Waals surface area contributed by atoms with Gasteiger partial charge in [-0.3, -0.25) is 14.2 Å². The number of ether oxygens (including phenoxy) is 3. The molecule has 0 aromatic carbocycles. The largest absolute Gasteiger partial charge is 0.458 e. The number of hydrogen-bond donors (Lipinski definition) is 0. The maximum absolute atomic E-state index is 14.4. The van der Waals surface area contributed by atoms with Crippen LogP contribution in [0.5, 0.6) is 0 Å². The Kier molecular flexibility index (Phi) is 13.0. The van der Waals surface area contributed by atoms with E-state index in [1.165, 1.54) is 0 Å². The molecule has 3 atom stereocenters. The van der Waals surface area contributed by atoms with Gasteiger partial charge in [-0.25, -0.2) is 8.78 Å². The van der Waals surface area contributed by atoms with E-state index in [-0.39, 0.29) is 0 Å². The van der Waals surface area contributed by atoms with Gasteiger partial charge in [0.1, 0.15) is 0 Å². The van der Waals surface area contributed by atoms with Crippen molar-refractivity contribution in [3.63, 3.8) is 0 Å². The lowest BCUT2D eigenvalue weighted by Crippen LogP contribution is -2.66. The average Bonchev–Trinajstić information content (AvgIpc) is 2.66. The minimum Gasteiger partial charge on any atom is -0.270 e. The lowest BCUT2D eigenvalue weighted by Gasteiger charge is -2.41. The molecule has 29 heteroatoms. The molecule has 0 saturated heterocycles. The van der Waals surface area contributed by atoms with Crippen LogP contribution in [0.25, 0.3) is 0 Å². The summed E-state index contributed by atoms with van der Waals surface area (Å²) in [6.07, 6.45) is -50.1. The van der Waals surface area contributed by atoms with E-state index < -0.39 is 91.4 Å². The molecule has 0 amide bonds. The Morgan fingerprint density at radius 2 is 0.643 bits per heavy atom. The summed E-state index contributed by atoms with van der Waals surface area (Å²) in [5, 5.41) is 0. The first-order valence-corrected chi connectivity index (χ1v) is 19.9. The quantitative estimate of drug-likeness (QED) is 0.0992. The summed E-state index contributed by atoms with van der Waals surface area (Å²) in [7, 11) is 0. The summed E-state index contributed by atoms with van der Waals surface area (Å²) in [5.41, 5.74) is 0. The van der Waals surface area contributed by atoms with Gasteiger partial charge in [-0.2, -0.15) is 70.2 Å². The van der Waals surface area contributed by atoms with Crippen molar-refractivity contribution >= 4 is 78.5 Å². The third kappa shape index (κ3) is 10.7. The minimum atomic E-state index is -7.99. The van der Waals surface area contributed by atoms with E-state index in [0.717, 1.165) is 0 Å². The molecule has 0 aromatic heterocycles. The highest BCUT2D eigenvalue weighted by Gasteiger charge is 2.83. The zero-order valence-electron chi connectivity index (χ0n) is 18.6. The Balaban J connectivity index is 6.76. The van der Waals surface area contributed by atoms with Crippen LogP contribution in [0.4, 0.5) is 79.0 Å². The third-order valence-electron chi connectivity index (χ3n) is 4.23. The van der Waals surface area contributed by atoms with Gasteiger partial charge in [-0.15, -0.1) is 66.5 Å². The smallest absolute Gasteiger partial charge is 0.270 e. The highest BCUT2D eigenvalue weighted by Crippen LogP contribution is 2.57. The molecule has 0 bridgehead atoms. The molecule has 0 spiro atoms. The first kappa shape index (κ1) is 42.8.